The maximum Gasteiger partial charge on any atom is 0.394 e. The van der Waals surface area contributed by atoms with E-state index in [2.05, 4.69) is 15.4 Å². The lowest BCUT2D eigenvalue weighted by atomic mass is 9.92. The van der Waals surface area contributed by atoms with Gasteiger partial charge in [-0.15, -0.1) is 0 Å². The van der Waals surface area contributed by atoms with Crippen molar-refractivity contribution < 1.29 is 37.7 Å². The minimum Gasteiger partial charge on any atom is -0.508 e. The van der Waals surface area contributed by atoms with Crippen molar-refractivity contribution in [3.8, 4) is 17.2 Å². The molecule has 2 aromatic rings. The molecule has 2 aromatic carbocycles. The number of hydrogen-bond acceptors (Lipinski definition) is 7. The number of phenolic OH excluding ortho intramolecular Hbond substituents is 1. The molecule has 1 atom stereocenters. The summed E-state index contributed by atoms with van der Waals surface area (Å²) in [6.07, 6.45) is 0.414. The molecule has 200 valence electrons. The normalized spacial score (nSPS) is 17.4. The van der Waals surface area contributed by atoms with Crippen LogP contribution in [0.1, 0.15) is 63.0 Å². The van der Waals surface area contributed by atoms with Crippen LogP contribution in [0.15, 0.2) is 30.3 Å². The van der Waals surface area contributed by atoms with Crippen LogP contribution < -0.4 is 20.1 Å². The number of aryl methyl sites for hydroxylation is 1. The topological polar surface area (TPSA) is 106 Å². The Morgan fingerprint density at radius 3 is 2.68 bits per heavy atom. The fourth-order valence-corrected chi connectivity index (χ4v) is 4.79. The molecule has 10 heteroatoms. The Balaban J connectivity index is 1.49. The number of amides is 1. The van der Waals surface area contributed by atoms with Gasteiger partial charge in [-0.2, -0.15) is 8.78 Å². The Morgan fingerprint density at radius 1 is 1.22 bits per heavy atom. The zero-order valence-electron chi connectivity index (χ0n) is 20.9. The average Bonchev–Trinajstić information content (AvgIpc) is 3.37. The fourth-order valence-electron chi connectivity index (χ4n) is 4.79. The summed E-state index contributed by atoms with van der Waals surface area (Å²) < 4.78 is 41.7. The van der Waals surface area contributed by atoms with Gasteiger partial charge in [-0.25, -0.2) is 0 Å². The van der Waals surface area contributed by atoms with Crippen LogP contribution in [0.25, 0.3) is 0 Å². The summed E-state index contributed by atoms with van der Waals surface area (Å²) in [5.74, 6) is -0.153. The maximum atomic E-state index is 13.2. The van der Waals surface area contributed by atoms with Crippen LogP contribution in [0.2, 0.25) is 0 Å². The highest BCUT2D eigenvalue weighted by atomic mass is 19.3. The highest BCUT2D eigenvalue weighted by Crippen LogP contribution is 2.41. The zero-order chi connectivity index (χ0) is 26.6. The quantitative estimate of drug-likeness (QED) is 0.384. The van der Waals surface area contributed by atoms with Crippen LogP contribution in [-0.2, 0) is 20.7 Å². The Labute approximate surface area is 214 Å². The predicted molar refractivity (Wildman–Crippen MR) is 133 cm³/mol. The monoisotopic (exact) mass is 518 g/mol. The van der Waals surface area contributed by atoms with Gasteiger partial charge in [-0.05, 0) is 61.4 Å². The van der Waals surface area contributed by atoms with E-state index in [1.54, 1.807) is 6.92 Å². The van der Waals surface area contributed by atoms with Crippen LogP contribution in [-0.4, -0.2) is 42.3 Å². The van der Waals surface area contributed by atoms with E-state index in [9.17, 15) is 23.5 Å². The third-order valence-electron chi connectivity index (χ3n) is 6.50. The largest absolute Gasteiger partial charge is 0.508 e. The van der Waals surface area contributed by atoms with E-state index in [0.29, 0.717) is 30.5 Å². The first-order valence-electron chi connectivity index (χ1n) is 12.6. The van der Waals surface area contributed by atoms with E-state index >= 15 is 0 Å². The Kier molecular flexibility index (Phi) is 8.04. The number of rotatable bonds is 9. The summed E-state index contributed by atoms with van der Waals surface area (Å²) in [6, 6.07) is 7.58. The van der Waals surface area contributed by atoms with Crippen molar-refractivity contribution in [1.29, 1.82) is 0 Å². The second kappa shape index (κ2) is 11.2. The lowest BCUT2D eigenvalue weighted by Crippen LogP contribution is -2.41. The van der Waals surface area contributed by atoms with Crippen molar-refractivity contribution in [3.63, 3.8) is 0 Å². The van der Waals surface area contributed by atoms with Gasteiger partial charge < -0.3 is 30.0 Å². The van der Waals surface area contributed by atoms with E-state index in [-0.39, 0.29) is 43.0 Å². The van der Waals surface area contributed by atoms with E-state index in [4.69, 9.17) is 9.47 Å². The first-order chi connectivity index (χ1) is 17.6. The molecule has 1 heterocycles. The first kappa shape index (κ1) is 26.5. The van der Waals surface area contributed by atoms with Crippen molar-refractivity contribution in [2.45, 2.75) is 70.5 Å². The number of hydrogen-bond donors (Lipinski definition) is 3. The molecule has 0 spiro atoms. The maximum absolute atomic E-state index is 13.2. The number of nitrogens with one attached hydrogen (secondary N) is 2. The van der Waals surface area contributed by atoms with Gasteiger partial charge in [-0.1, -0.05) is 12.8 Å². The smallest absolute Gasteiger partial charge is 0.394 e. The predicted octanol–water partition coefficient (Wildman–Crippen LogP) is 5.35. The molecule has 1 aliphatic heterocycles. The van der Waals surface area contributed by atoms with Crippen LogP contribution in [0.3, 0.4) is 0 Å². The summed E-state index contributed by atoms with van der Waals surface area (Å²) >= 11 is 0. The van der Waals surface area contributed by atoms with Crippen LogP contribution in [0.4, 0.5) is 20.2 Å². The van der Waals surface area contributed by atoms with E-state index < -0.39 is 18.1 Å². The second-order valence-corrected chi connectivity index (χ2v) is 9.40. The number of esters is 1. The summed E-state index contributed by atoms with van der Waals surface area (Å²) in [4.78, 5) is 25.1. The number of phenols is 1. The molecule has 1 saturated carbocycles. The molecule has 1 fully saturated rings. The Hall–Kier alpha value is -3.56. The van der Waals surface area contributed by atoms with Crippen molar-refractivity contribution in [3.05, 3.63) is 41.5 Å². The summed E-state index contributed by atoms with van der Waals surface area (Å²) in [7, 11) is 0. The van der Waals surface area contributed by atoms with Gasteiger partial charge in [0.05, 0.1) is 18.8 Å². The number of carbonyl (C=O) groups is 2. The number of carbonyl (C=O) groups excluding carboxylic acids is 2. The fraction of sp³-hybridized carbons (Fsp3) is 0.481. The number of aromatic hydroxyl groups is 1. The van der Waals surface area contributed by atoms with E-state index in [0.717, 1.165) is 36.8 Å². The highest BCUT2D eigenvalue weighted by molar-refractivity contribution is 5.96. The molecule has 4 rings (SSSR count). The highest BCUT2D eigenvalue weighted by Gasteiger charge is 2.29. The molecular weight excluding hydrogens is 486 g/mol. The van der Waals surface area contributed by atoms with Crippen LogP contribution in [0, 0.1) is 0 Å². The number of anilines is 2. The van der Waals surface area contributed by atoms with Gasteiger partial charge in [0.25, 0.3) is 5.91 Å². The minimum absolute atomic E-state index is 0.0330. The molecule has 0 radical (unpaired) electrons. The molecule has 1 aliphatic carbocycles. The third-order valence-corrected chi connectivity index (χ3v) is 6.50. The summed E-state index contributed by atoms with van der Waals surface area (Å²) in [6.45, 7) is 2.77. The number of alkyl halides is 2. The minimum atomic E-state index is -3.32. The number of fused-ring (bicyclic) bond motifs is 1. The third kappa shape index (κ3) is 6.81. The number of halogens is 2. The second-order valence-electron chi connectivity index (χ2n) is 9.40. The van der Waals surface area contributed by atoms with Gasteiger partial charge in [0.2, 0.25) is 0 Å². The van der Waals surface area contributed by atoms with E-state index in [1.165, 1.54) is 24.3 Å². The molecular formula is C27H32F2N2O6. The molecule has 1 amide bonds. The van der Waals surface area contributed by atoms with Crippen molar-refractivity contribution in [2.75, 3.05) is 23.8 Å². The first-order valence-corrected chi connectivity index (χ1v) is 12.6. The average molecular weight is 519 g/mol. The molecule has 0 aromatic heterocycles. The molecule has 2 aliphatic rings. The van der Waals surface area contributed by atoms with Crippen LogP contribution in [0.5, 0.6) is 17.2 Å². The lowest BCUT2D eigenvalue weighted by Gasteiger charge is -2.27. The van der Waals surface area contributed by atoms with Crippen molar-refractivity contribution in [1.82, 2.24) is 0 Å². The standard InChI is InChI=1S/C27H32F2N2O6/c1-3-35-25(33)11-8-17-12-19(16-6-4-5-7-16)22(32)14-20(17)31-26(34)24-15-30-21-13-18(37-27(2,28)29)9-10-23(21)36-24/h9-10,12-14,16,24,30,32H,3-8,11,15H2,1-2H3,(H,31,34). The SMILES string of the molecule is CCOC(=O)CCc1cc(C2CCCC2)c(O)cc1NC(=O)C1CNc2cc(OC(C)(F)F)ccc2O1. The zero-order valence-corrected chi connectivity index (χ0v) is 20.9. The van der Waals surface area contributed by atoms with Gasteiger partial charge in [0.15, 0.2) is 6.10 Å². The van der Waals surface area contributed by atoms with E-state index in [1.807, 2.05) is 6.07 Å². The number of benzene rings is 2. The molecule has 37 heavy (non-hydrogen) atoms. The summed E-state index contributed by atoms with van der Waals surface area (Å²) in [5, 5.41) is 16.6. The molecule has 3 N–H and O–H groups in total. The van der Waals surface area contributed by atoms with Gasteiger partial charge in [0, 0.05) is 31.2 Å². The Morgan fingerprint density at radius 2 is 1.97 bits per heavy atom. The van der Waals surface area contributed by atoms with Crippen molar-refractivity contribution in [2.24, 2.45) is 0 Å². The number of ether oxygens (including phenoxy) is 3. The molecule has 0 bridgehead atoms. The summed E-state index contributed by atoms with van der Waals surface area (Å²) in [5.41, 5.74) is 2.39. The lowest BCUT2D eigenvalue weighted by molar-refractivity contribution is -0.159. The van der Waals surface area contributed by atoms with Gasteiger partial charge in [0.1, 0.15) is 17.2 Å². The van der Waals surface area contributed by atoms with Gasteiger partial charge in [-0.3, -0.25) is 9.59 Å². The van der Waals surface area contributed by atoms with Gasteiger partial charge >= 0.3 is 12.1 Å². The Bertz CT molecular complexity index is 1140. The van der Waals surface area contributed by atoms with Crippen LogP contribution >= 0.6 is 0 Å². The molecule has 0 saturated heterocycles. The molecule has 1 unspecified atom stereocenters. The molecule has 8 nitrogen and oxygen atoms in total. The van der Waals surface area contributed by atoms with Crippen molar-refractivity contribution >= 4 is 23.3 Å².